The summed E-state index contributed by atoms with van der Waals surface area (Å²) in [5.74, 6) is 0.365. The van der Waals surface area contributed by atoms with Gasteiger partial charge < -0.3 is 4.57 Å². The number of tetrazole rings is 1. The molecule has 0 aliphatic rings. The van der Waals surface area contributed by atoms with Gasteiger partial charge in [0.05, 0.1) is 6.54 Å². The van der Waals surface area contributed by atoms with Crippen LogP contribution in [0.1, 0.15) is 31.2 Å². The van der Waals surface area contributed by atoms with Crippen molar-refractivity contribution >= 4 is 11.0 Å². The molecule has 2 N–H and O–H groups in total. The quantitative estimate of drug-likeness (QED) is 0.397. The molecule has 0 unspecified atom stereocenters. The molecule has 0 amide bonds. The fraction of sp³-hybridized carbons (Fsp3) is 0.217. The van der Waals surface area contributed by atoms with Gasteiger partial charge >= 0.3 is 0 Å². The number of unbranched alkanes of at least 4 members (excludes halogenated alkanes) is 1. The summed E-state index contributed by atoms with van der Waals surface area (Å²) in [6.45, 7) is 2.42. The van der Waals surface area contributed by atoms with Gasteiger partial charge in [-0.25, -0.2) is 10.1 Å². The summed E-state index contributed by atoms with van der Waals surface area (Å²) in [4.78, 5) is 17.1. The topological polar surface area (TPSA) is 118 Å². The fourth-order valence-electron chi connectivity index (χ4n) is 4.06. The standard InChI is InChI=1S/C23H21FN8O/c1-2-3-12-18-25-19-20(23(33)29-26-21(19)24)32(18)13-14-8-4-5-9-15(14)16-10-6-7-11-17(16)22-27-30-31-28-22/h4-11H,2-3,12-13H2,1H3,(H,29,33)(H,27,28,30,31). The molecule has 3 aromatic heterocycles. The molecular weight excluding hydrogens is 423 g/mol. The maximum absolute atomic E-state index is 14.4. The lowest BCUT2D eigenvalue weighted by molar-refractivity contribution is 0.571. The number of aryl methyl sites for hydroxylation is 1. The normalized spacial score (nSPS) is 11.3. The Labute approximate surface area is 187 Å². The molecule has 0 aliphatic carbocycles. The number of nitrogens with one attached hydrogen (secondary N) is 2. The SMILES string of the molecule is CCCCc1nc2c(F)n[nH]c(=O)c2n1Cc1ccccc1-c1ccccc1-c1nn[nH]n1. The van der Waals surface area contributed by atoms with E-state index >= 15 is 0 Å². The molecular formula is C23H21FN8O. The molecule has 0 spiro atoms. The van der Waals surface area contributed by atoms with Crippen molar-refractivity contribution in [3.8, 4) is 22.5 Å². The summed E-state index contributed by atoms with van der Waals surface area (Å²) in [6.07, 6.45) is 2.46. The third-order valence-corrected chi connectivity index (χ3v) is 5.62. The summed E-state index contributed by atoms with van der Waals surface area (Å²) in [5, 5.41) is 20.1. The van der Waals surface area contributed by atoms with Crippen LogP contribution in [0.25, 0.3) is 33.5 Å². The second-order valence-electron chi connectivity index (χ2n) is 7.70. The van der Waals surface area contributed by atoms with Crippen LogP contribution >= 0.6 is 0 Å². The third kappa shape index (κ3) is 3.79. The lowest BCUT2D eigenvalue weighted by atomic mass is 9.95. The summed E-state index contributed by atoms with van der Waals surface area (Å²) >= 11 is 0. The number of aromatic amines is 2. The lowest BCUT2D eigenvalue weighted by Crippen LogP contribution is -2.16. The number of benzene rings is 2. The van der Waals surface area contributed by atoms with Crippen molar-refractivity contribution in [2.45, 2.75) is 32.7 Å². The van der Waals surface area contributed by atoms with Crippen LogP contribution in [0.2, 0.25) is 0 Å². The van der Waals surface area contributed by atoms with Crippen LogP contribution in [0.5, 0.6) is 0 Å². The van der Waals surface area contributed by atoms with Crippen molar-refractivity contribution in [1.82, 2.24) is 40.4 Å². The first kappa shape index (κ1) is 20.7. The van der Waals surface area contributed by atoms with E-state index in [0.717, 1.165) is 35.1 Å². The zero-order chi connectivity index (χ0) is 22.8. The van der Waals surface area contributed by atoms with E-state index in [1.54, 1.807) is 4.57 Å². The van der Waals surface area contributed by atoms with Gasteiger partial charge in [-0.15, -0.1) is 15.3 Å². The Balaban J connectivity index is 1.67. The fourth-order valence-corrected chi connectivity index (χ4v) is 4.06. The van der Waals surface area contributed by atoms with E-state index < -0.39 is 11.5 Å². The van der Waals surface area contributed by atoms with E-state index in [9.17, 15) is 9.18 Å². The Morgan fingerprint density at radius 3 is 2.52 bits per heavy atom. The van der Waals surface area contributed by atoms with Crippen LogP contribution in [0.3, 0.4) is 0 Å². The average molecular weight is 444 g/mol. The Kier molecular flexibility index (Phi) is 5.47. The van der Waals surface area contributed by atoms with Crippen LogP contribution in [-0.2, 0) is 13.0 Å². The van der Waals surface area contributed by atoms with Crippen LogP contribution in [0, 0.1) is 5.95 Å². The number of halogens is 1. The Bertz CT molecular complexity index is 1470. The van der Waals surface area contributed by atoms with Gasteiger partial charge in [-0.05, 0) is 28.3 Å². The molecule has 0 fully saturated rings. The monoisotopic (exact) mass is 444 g/mol. The van der Waals surface area contributed by atoms with Crippen LogP contribution < -0.4 is 5.56 Å². The number of hydrogen-bond donors (Lipinski definition) is 2. The maximum Gasteiger partial charge on any atom is 0.290 e. The predicted molar refractivity (Wildman–Crippen MR) is 121 cm³/mol. The molecule has 0 saturated heterocycles. The van der Waals surface area contributed by atoms with Gasteiger partial charge in [-0.3, -0.25) is 4.79 Å². The molecule has 0 atom stereocenters. The Hall–Kier alpha value is -4.21. The molecule has 10 heteroatoms. The first-order chi connectivity index (χ1) is 16.2. The Morgan fingerprint density at radius 1 is 1.00 bits per heavy atom. The van der Waals surface area contributed by atoms with E-state index in [4.69, 9.17) is 0 Å². The highest BCUT2D eigenvalue weighted by atomic mass is 19.1. The summed E-state index contributed by atoms with van der Waals surface area (Å²) < 4.78 is 16.2. The zero-order valence-electron chi connectivity index (χ0n) is 17.9. The minimum absolute atomic E-state index is 0.00506. The van der Waals surface area contributed by atoms with Crippen molar-refractivity contribution in [2.75, 3.05) is 0 Å². The number of hydrogen-bond acceptors (Lipinski definition) is 6. The largest absolute Gasteiger partial charge is 0.319 e. The highest BCUT2D eigenvalue weighted by Gasteiger charge is 2.20. The van der Waals surface area contributed by atoms with Crippen molar-refractivity contribution in [3.63, 3.8) is 0 Å². The summed E-state index contributed by atoms with van der Waals surface area (Å²) in [7, 11) is 0. The molecule has 5 rings (SSSR count). The van der Waals surface area contributed by atoms with Crippen molar-refractivity contribution < 1.29 is 4.39 Å². The molecule has 5 aromatic rings. The molecule has 33 heavy (non-hydrogen) atoms. The van der Waals surface area contributed by atoms with Gasteiger partial charge in [0, 0.05) is 12.0 Å². The van der Waals surface area contributed by atoms with E-state index in [1.807, 2.05) is 48.5 Å². The van der Waals surface area contributed by atoms with Gasteiger partial charge in [0.25, 0.3) is 11.5 Å². The molecule has 166 valence electrons. The number of nitrogens with zero attached hydrogens (tertiary/aromatic N) is 6. The molecule has 9 nitrogen and oxygen atoms in total. The zero-order valence-corrected chi connectivity index (χ0v) is 17.9. The third-order valence-electron chi connectivity index (χ3n) is 5.62. The van der Waals surface area contributed by atoms with Crippen LogP contribution in [0.4, 0.5) is 4.39 Å². The average Bonchev–Trinajstić information content (AvgIpc) is 3.50. The Morgan fingerprint density at radius 2 is 1.76 bits per heavy atom. The first-order valence-corrected chi connectivity index (χ1v) is 10.7. The van der Waals surface area contributed by atoms with Crippen LogP contribution in [0.15, 0.2) is 53.3 Å². The smallest absolute Gasteiger partial charge is 0.290 e. The molecule has 3 heterocycles. The number of imidazole rings is 1. The minimum Gasteiger partial charge on any atom is -0.319 e. The minimum atomic E-state index is -0.781. The van der Waals surface area contributed by atoms with E-state index in [1.165, 1.54) is 0 Å². The first-order valence-electron chi connectivity index (χ1n) is 10.7. The second kappa shape index (κ2) is 8.73. The van der Waals surface area contributed by atoms with Gasteiger partial charge in [-0.1, -0.05) is 61.9 Å². The number of fused-ring (bicyclic) bond motifs is 1. The molecule has 0 radical (unpaired) electrons. The van der Waals surface area contributed by atoms with E-state index in [2.05, 4.69) is 42.7 Å². The maximum atomic E-state index is 14.4. The number of aromatic nitrogens is 8. The molecule has 0 bridgehead atoms. The van der Waals surface area contributed by atoms with Gasteiger partial charge in [-0.2, -0.15) is 9.60 Å². The number of rotatable bonds is 7. The highest BCUT2D eigenvalue weighted by molar-refractivity contribution is 5.82. The van der Waals surface area contributed by atoms with Crippen LogP contribution in [-0.4, -0.2) is 40.4 Å². The van der Waals surface area contributed by atoms with E-state index in [0.29, 0.717) is 24.6 Å². The number of H-pyrrole nitrogens is 2. The van der Waals surface area contributed by atoms with Gasteiger partial charge in [0.15, 0.2) is 5.52 Å². The highest BCUT2D eigenvalue weighted by Crippen LogP contribution is 2.33. The predicted octanol–water partition coefficient (Wildman–Crippen LogP) is 3.50. The second-order valence-corrected chi connectivity index (χ2v) is 7.70. The van der Waals surface area contributed by atoms with Gasteiger partial charge in [0.2, 0.25) is 5.82 Å². The molecule has 0 saturated carbocycles. The molecule has 2 aromatic carbocycles. The van der Waals surface area contributed by atoms with Crippen molar-refractivity contribution in [3.05, 3.63) is 76.2 Å². The van der Waals surface area contributed by atoms with Crippen molar-refractivity contribution in [1.29, 1.82) is 0 Å². The van der Waals surface area contributed by atoms with E-state index in [-0.39, 0.29) is 11.0 Å². The molecule has 0 aliphatic heterocycles. The summed E-state index contributed by atoms with van der Waals surface area (Å²) in [6, 6.07) is 15.7. The van der Waals surface area contributed by atoms with Gasteiger partial charge in [0.1, 0.15) is 11.3 Å². The van der Waals surface area contributed by atoms with Crippen molar-refractivity contribution in [2.24, 2.45) is 0 Å². The summed E-state index contributed by atoms with van der Waals surface area (Å²) in [5.41, 5.74) is 3.37. The lowest BCUT2D eigenvalue weighted by Gasteiger charge is -2.15.